The molecule has 0 aromatic heterocycles. The fraction of sp³-hybridized carbons (Fsp3) is 0.333. The fourth-order valence-corrected chi connectivity index (χ4v) is 1.17. The van der Waals surface area contributed by atoms with E-state index < -0.39 is 16.4 Å². The Morgan fingerprint density at radius 2 is 2.20 bits per heavy atom. The molecule has 0 unspecified atom stereocenters. The van der Waals surface area contributed by atoms with E-state index in [2.05, 4.69) is 0 Å². The number of phenols is 1. The Kier molecular flexibility index (Phi) is 3.11. The maximum Gasteiger partial charge on any atom is 0.314 e. The van der Waals surface area contributed by atoms with E-state index in [0.717, 1.165) is 0 Å². The molecule has 0 spiro atoms. The zero-order valence-corrected chi connectivity index (χ0v) is 8.43. The average Bonchev–Trinajstić information content (AvgIpc) is 2.17. The third kappa shape index (κ3) is 2.16. The monoisotopic (exact) mass is 212 g/mol. The van der Waals surface area contributed by atoms with Gasteiger partial charge < -0.3 is 15.6 Å². The summed E-state index contributed by atoms with van der Waals surface area (Å²) in [6, 6.07) is 2.35. The summed E-state index contributed by atoms with van der Waals surface area (Å²) in [7, 11) is 1.32. The predicted octanol–water partition coefficient (Wildman–Crippen LogP) is 1.33. The van der Waals surface area contributed by atoms with Crippen LogP contribution in [-0.4, -0.2) is 17.1 Å². The lowest BCUT2D eigenvalue weighted by molar-refractivity contribution is -0.386. The summed E-state index contributed by atoms with van der Waals surface area (Å²) < 4.78 is 4.82. The van der Waals surface area contributed by atoms with Gasteiger partial charge in [0.25, 0.3) is 0 Å². The zero-order chi connectivity index (χ0) is 11.6. The van der Waals surface area contributed by atoms with Gasteiger partial charge in [-0.3, -0.25) is 10.1 Å². The number of nitrogens with two attached hydrogens (primary N) is 1. The second-order valence-electron chi connectivity index (χ2n) is 3.14. The molecule has 0 saturated heterocycles. The summed E-state index contributed by atoms with van der Waals surface area (Å²) in [5, 5.41) is 20.1. The summed E-state index contributed by atoms with van der Waals surface area (Å²) in [4.78, 5) is 9.94. The van der Waals surface area contributed by atoms with Gasteiger partial charge in [-0.1, -0.05) is 0 Å². The van der Waals surface area contributed by atoms with Crippen molar-refractivity contribution in [3.05, 3.63) is 27.8 Å². The molecule has 6 nitrogen and oxygen atoms in total. The fourth-order valence-electron chi connectivity index (χ4n) is 1.17. The molecule has 0 aliphatic heterocycles. The SMILES string of the molecule is COc1cc([C@@H](C)N)cc([N+](=O)[O-])c1O. The molecule has 0 amide bonds. The van der Waals surface area contributed by atoms with E-state index in [1.165, 1.54) is 19.2 Å². The third-order valence-corrected chi connectivity index (χ3v) is 2.02. The highest BCUT2D eigenvalue weighted by Gasteiger charge is 2.20. The number of aromatic hydroxyl groups is 1. The van der Waals surface area contributed by atoms with Crippen LogP contribution < -0.4 is 10.5 Å². The standard InChI is InChI=1S/C9H12N2O4/c1-5(10)6-3-7(11(13)14)9(12)8(4-6)15-2/h3-5,12H,10H2,1-2H3/t5-/m1/s1. The van der Waals surface area contributed by atoms with Gasteiger partial charge in [-0.25, -0.2) is 0 Å². The van der Waals surface area contributed by atoms with Crippen molar-refractivity contribution < 1.29 is 14.8 Å². The minimum atomic E-state index is -0.677. The van der Waals surface area contributed by atoms with Crippen LogP contribution in [0.3, 0.4) is 0 Å². The van der Waals surface area contributed by atoms with E-state index >= 15 is 0 Å². The van der Waals surface area contributed by atoms with Crippen molar-refractivity contribution in [2.45, 2.75) is 13.0 Å². The smallest absolute Gasteiger partial charge is 0.314 e. The number of methoxy groups -OCH3 is 1. The molecular formula is C9H12N2O4. The highest BCUT2D eigenvalue weighted by Crippen LogP contribution is 2.37. The molecule has 1 atom stereocenters. The molecule has 0 fully saturated rings. The van der Waals surface area contributed by atoms with Crippen molar-refractivity contribution in [1.29, 1.82) is 0 Å². The molecule has 1 rings (SSSR count). The van der Waals surface area contributed by atoms with E-state index in [9.17, 15) is 15.2 Å². The highest BCUT2D eigenvalue weighted by molar-refractivity contribution is 5.57. The van der Waals surface area contributed by atoms with Crippen LogP contribution in [0.5, 0.6) is 11.5 Å². The first-order valence-corrected chi connectivity index (χ1v) is 4.28. The van der Waals surface area contributed by atoms with E-state index in [1.807, 2.05) is 0 Å². The molecule has 0 heterocycles. The highest BCUT2D eigenvalue weighted by atomic mass is 16.6. The Bertz CT molecular complexity index is 390. The van der Waals surface area contributed by atoms with Crippen LogP contribution in [0.2, 0.25) is 0 Å². The molecular weight excluding hydrogens is 200 g/mol. The molecule has 6 heteroatoms. The van der Waals surface area contributed by atoms with E-state index in [1.54, 1.807) is 6.92 Å². The lowest BCUT2D eigenvalue weighted by Crippen LogP contribution is -2.06. The van der Waals surface area contributed by atoms with Gasteiger partial charge in [-0.05, 0) is 18.6 Å². The van der Waals surface area contributed by atoms with Gasteiger partial charge >= 0.3 is 5.69 Å². The molecule has 0 bridgehead atoms. The maximum absolute atomic E-state index is 10.6. The number of rotatable bonds is 3. The molecule has 0 saturated carbocycles. The van der Waals surface area contributed by atoms with Gasteiger partial charge in [0.1, 0.15) is 0 Å². The Morgan fingerprint density at radius 1 is 1.60 bits per heavy atom. The van der Waals surface area contributed by atoms with E-state index in [-0.39, 0.29) is 11.8 Å². The minimum Gasteiger partial charge on any atom is -0.500 e. The number of nitro benzene ring substituents is 1. The lowest BCUT2D eigenvalue weighted by Gasteiger charge is -2.09. The normalized spacial score (nSPS) is 12.2. The molecule has 15 heavy (non-hydrogen) atoms. The number of benzene rings is 1. The minimum absolute atomic E-state index is 0.0523. The Labute approximate surface area is 86.4 Å². The first-order chi connectivity index (χ1) is 6.97. The van der Waals surface area contributed by atoms with Crippen LogP contribution >= 0.6 is 0 Å². The summed E-state index contributed by atoms with van der Waals surface area (Å²) in [6.45, 7) is 1.69. The first-order valence-electron chi connectivity index (χ1n) is 4.28. The summed E-state index contributed by atoms with van der Waals surface area (Å²) in [6.07, 6.45) is 0. The average molecular weight is 212 g/mol. The maximum atomic E-state index is 10.6. The number of ether oxygens (including phenoxy) is 1. The number of nitro groups is 1. The van der Waals surface area contributed by atoms with Crippen molar-refractivity contribution in [2.24, 2.45) is 5.73 Å². The van der Waals surface area contributed by atoms with Gasteiger partial charge in [-0.2, -0.15) is 0 Å². The number of nitrogens with zero attached hydrogens (tertiary/aromatic N) is 1. The number of hydrogen-bond acceptors (Lipinski definition) is 5. The first kappa shape index (κ1) is 11.3. The summed E-state index contributed by atoms with van der Waals surface area (Å²) >= 11 is 0. The topological polar surface area (TPSA) is 98.6 Å². The Morgan fingerprint density at radius 3 is 2.60 bits per heavy atom. The summed E-state index contributed by atoms with van der Waals surface area (Å²) in [5.74, 6) is -0.427. The molecule has 1 aromatic rings. The number of hydrogen-bond donors (Lipinski definition) is 2. The Hall–Kier alpha value is -1.82. The van der Waals surface area contributed by atoms with Crippen LogP contribution in [0, 0.1) is 10.1 Å². The van der Waals surface area contributed by atoms with Crippen LogP contribution in [0.1, 0.15) is 18.5 Å². The molecule has 3 N–H and O–H groups in total. The van der Waals surface area contributed by atoms with Crippen LogP contribution in [0.15, 0.2) is 12.1 Å². The molecule has 0 aliphatic carbocycles. The largest absolute Gasteiger partial charge is 0.500 e. The molecule has 0 radical (unpaired) electrons. The van der Waals surface area contributed by atoms with Gasteiger partial charge in [0.05, 0.1) is 12.0 Å². The summed E-state index contributed by atoms with van der Waals surface area (Å²) in [5.41, 5.74) is 5.73. The van der Waals surface area contributed by atoms with Crippen molar-refractivity contribution in [2.75, 3.05) is 7.11 Å². The van der Waals surface area contributed by atoms with Crippen molar-refractivity contribution >= 4 is 5.69 Å². The Balaban J connectivity index is 3.38. The van der Waals surface area contributed by atoms with Crippen molar-refractivity contribution in [3.63, 3.8) is 0 Å². The van der Waals surface area contributed by atoms with Gasteiger partial charge in [-0.15, -0.1) is 0 Å². The zero-order valence-electron chi connectivity index (χ0n) is 8.43. The van der Waals surface area contributed by atoms with E-state index in [4.69, 9.17) is 10.5 Å². The van der Waals surface area contributed by atoms with E-state index in [0.29, 0.717) is 5.56 Å². The quantitative estimate of drug-likeness (QED) is 0.581. The second kappa shape index (κ2) is 4.14. The van der Waals surface area contributed by atoms with Crippen LogP contribution in [0.25, 0.3) is 0 Å². The van der Waals surface area contributed by atoms with Gasteiger partial charge in [0.15, 0.2) is 5.75 Å². The van der Waals surface area contributed by atoms with Crippen LogP contribution in [-0.2, 0) is 0 Å². The third-order valence-electron chi connectivity index (χ3n) is 2.02. The van der Waals surface area contributed by atoms with Gasteiger partial charge in [0.2, 0.25) is 5.75 Å². The number of phenolic OH excluding ortho intramolecular Hbond substituents is 1. The molecule has 0 aliphatic rings. The molecule has 82 valence electrons. The predicted molar refractivity (Wildman–Crippen MR) is 53.9 cm³/mol. The lowest BCUT2D eigenvalue weighted by atomic mass is 10.1. The molecule has 1 aromatic carbocycles. The van der Waals surface area contributed by atoms with Crippen LogP contribution in [0.4, 0.5) is 5.69 Å². The van der Waals surface area contributed by atoms with Crippen molar-refractivity contribution in [3.8, 4) is 11.5 Å². The van der Waals surface area contributed by atoms with Crippen molar-refractivity contribution in [1.82, 2.24) is 0 Å². The van der Waals surface area contributed by atoms with Gasteiger partial charge in [0, 0.05) is 12.1 Å². The second-order valence-corrected chi connectivity index (χ2v) is 3.14.